The van der Waals surface area contributed by atoms with E-state index >= 15 is 0 Å². The Kier molecular flexibility index (Phi) is 4.35. The van der Waals surface area contributed by atoms with E-state index in [-0.39, 0.29) is 11.9 Å². The molecular weight excluding hydrogens is 251 g/mol. The van der Waals surface area contributed by atoms with Gasteiger partial charge in [-0.05, 0) is 41.1 Å². The lowest BCUT2D eigenvalue weighted by Gasteiger charge is -2.13. The zero-order chi connectivity index (χ0) is 10.6. The zero-order valence-corrected chi connectivity index (χ0v) is 9.67. The summed E-state index contributed by atoms with van der Waals surface area (Å²) in [6, 6.07) is 4.55. The minimum absolute atomic E-state index is 0.0441. The molecule has 0 spiro atoms. The van der Waals surface area contributed by atoms with Gasteiger partial charge in [-0.25, -0.2) is 4.39 Å². The van der Waals surface area contributed by atoms with Crippen LogP contribution in [0.15, 0.2) is 22.7 Å². The van der Waals surface area contributed by atoms with Gasteiger partial charge in [0.15, 0.2) is 0 Å². The summed E-state index contributed by atoms with van der Waals surface area (Å²) in [5.41, 5.74) is 0. The van der Waals surface area contributed by atoms with Crippen molar-refractivity contribution in [3.05, 3.63) is 28.5 Å². The third-order valence-electron chi connectivity index (χ3n) is 1.63. The standard InChI is InChI=1S/C10H12BrFO2/c1-7(6-13-2)14-8-3-4-10(12)9(11)5-8/h3-5,7H,6H2,1-2H3. The lowest BCUT2D eigenvalue weighted by molar-refractivity contribution is 0.0920. The molecule has 4 heteroatoms. The van der Waals surface area contributed by atoms with Gasteiger partial charge in [-0.3, -0.25) is 0 Å². The summed E-state index contributed by atoms with van der Waals surface area (Å²) in [5.74, 6) is 0.333. The number of benzene rings is 1. The van der Waals surface area contributed by atoms with Crippen molar-refractivity contribution in [1.82, 2.24) is 0 Å². The van der Waals surface area contributed by atoms with Crippen LogP contribution in [-0.2, 0) is 4.74 Å². The highest BCUT2D eigenvalue weighted by molar-refractivity contribution is 9.10. The van der Waals surface area contributed by atoms with E-state index < -0.39 is 0 Å². The van der Waals surface area contributed by atoms with Crippen LogP contribution in [0.3, 0.4) is 0 Å². The van der Waals surface area contributed by atoms with Crippen molar-refractivity contribution in [2.24, 2.45) is 0 Å². The monoisotopic (exact) mass is 262 g/mol. The van der Waals surface area contributed by atoms with Gasteiger partial charge in [0.25, 0.3) is 0 Å². The molecule has 0 amide bonds. The predicted octanol–water partition coefficient (Wildman–Crippen LogP) is 3.00. The Balaban J connectivity index is 2.63. The van der Waals surface area contributed by atoms with E-state index in [1.807, 2.05) is 6.92 Å². The molecule has 0 fully saturated rings. The SMILES string of the molecule is COCC(C)Oc1ccc(F)c(Br)c1. The molecule has 1 aromatic carbocycles. The Labute approximate surface area is 91.2 Å². The van der Waals surface area contributed by atoms with Gasteiger partial charge in [0.2, 0.25) is 0 Å². The first-order valence-electron chi connectivity index (χ1n) is 4.24. The summed E-state index contributed by atoms with van der Waals surface area (Å²) in [7, 11) is 1.61. The third-order valence-corrected chi connectivity index (χ3v) is 2.24. The predicted molar refractivity (Wildman–Crippen MR) is 56.1 cm³/mol. The second-order valence-electron chi connectivity index (χ2n) is 2.96. The van der Waals surface area contributed by atoms with Crippen LogP contribution in [0, 0.1) is 5.82 Å². The van der Waals surface area contributed by atoms with Crippen LogP contribution >= 0.6 is 15.9 Å². The smallest absolute Gasteiger partial charge is 0.137 e. The maximum Gasteiger partial charge on any atom is 0.137 e. The molecule has 0 aliphatic carbocycles. The lowest BCUT2D eigenvalue weighted by Crippen LogP contribution is -2.17. The van der Waals surface area contributed by atoms with E-state index in [1.54, 1.807) is 19.2 Å². The molecule has 0 saturated heterocycles. The molecule has 0 saturated carbocycles. The molecule has 14 heavy (non-hydrogen) atoms. The van der Waals surface area contributed by atoms with Gasteiger partial charge in [0, 0.05) is 7.11 Å². The summed E-state index contributed by atoms with van der Waals surface area (Å²) >= 11 is 3.09. The minimum atomic E-state index is -0.295. The summed E-state index contributed by atoms with van der Waals surface area (Å²) in [5, 5.41) is 0. The quantitative estimate of drug-likeness (QED) is 0.831. The van der Waals surface area contributed by atoms with Gasteiger partial charge in [-0.2, -0.15) is 0 Å². The molecule has 0 bridgehead atoms. The maximum atomic E-state index is 12.9. The molecular formula is C10H12BrFO2. The van der Waals surface area contributed by atoms with Crippen molar-refractivity contribution >= 4 is 15.9 Å². The van der Waals surface area contributed by atoms with Gasteiger partial charge in [-0.15, -0.1) is 0 Å². The lowest BCUT2D eigenvalue weighted by atomic mass is 10.3. The Hall–Kier alpha value is -0.610. The molecule has 1 atom stereocenters. The number of methoxy groups -OCH3 is 1. The number of hydrogen-bond donors (Lipinski definition) is 0. The van der Waals surface area contributed by atoms with Crippen LogP contribution in [-0.4, -0.2) is 19.8 Å². The van der Waals surface area contributed by atoms with Gasteiger partial charge in [-0.1, -0.05) is 0 Å². The average Bonchev–Trinajstić information content (AvgIpc) is 2.12. The van der Waals surface area contributed by atoms with Crippen LogP contribution in [0.4, 0.5) is 4.39 Å². The van der Waals surface area contributed by atoms with E-state index in [0.29, 0.717) is 16.8 Å². The molecule has 2 nitrogen and oxygen atoms in total. The number of halogens is 2. The second kappa shape index (κ2) is 5.32. The Bertz CT molecular complexity index is 304. The first-order chi connectivity index (χ1) is 6.63. The largest absolute Gasteiger partial charge is 0.488 e. The van der Waals surface area contributed by atoms with E-state index in [2.05, 4.69) is 15.9 Å². The second-order valence-corrected chi connectivity index (χ2v) is 3.81. The van der Waals surface area contributed by atoms with E-state index in [0.717, 1.165) is 0 Å². The van der Waals surface area contributed by atoms with Crippen LogP contribution in [0.5, 0.6) is 5.75 Å². The fraction of sp³-hybridized carbons (Fsp3) is 0.400. The number of rotatable bonds is 4. The fourth-order valence-electron chi connectivity index (χ4n) is 1.05. The highest BCUT2D eigenvalue weighted by atomic mass is 79.9. The molecule has 1 aromatic rings. The molecule has 1 rings (SSSR count). The van der Waals surface area contributed by atoms with Crippen LogP contribution in [0.1, 0.15) is 6.92 Å². The van der Waals surface area contributed by atoms with E-state index in [1.165, 1.54) is 6.07 Å². The highest BCUT2D eigenvalue weighted by Gasteiger charge is 2.05. The van der Waals surface area contributed by atoms with Crippen molar-refractivity contribution in [2.45, 2.75) is 13.0 Å². The van der Waals surface area contributed by atoms with E-state index in [4.69, 9.17) is 9.47 Å². The van der Waals surface area contributed by atoms with Crippen molar-refractivity contribution in [1.29, 1.82) is 0 Å². The summed E-state index contributed by atoms with van der Waals surface area (Å²) in [4.78, 5) is 0. The number of hydrogen-bond acceptors (Lipinski definition) is 2. The summed E-state index contributed by atoms with van der Waals surface area (Å²) in [6.45, 7) is 2.40. The topological polar surface area (TPSA) is 18.5 Å². The number of ether oxygens (including phenoxy) is 2. The molecule has 0 aliphatic heterocycles. The Morgan fingerprint density at radius 2 is 2.21 bits per heavy atom. The Morgan fingerprint density at radius 3 is 2.79 bits per heavy atom. The molecule has 0 radical (unpaired) electrons. The first kappa shape index (κ1) is 11.5. The third kappa shape index (κ3) is 3.27. The van der Waals surface area contributed by atoms with Crippen LogP contribution in [0.25, 0.3) is 0 Å². The van der Waals surface area contributed by atoms with Gasteiger partial charge < -0.3 is 9.47 Å². The van der Waals surface area contributed by atoms with Crippen molar-refractivity contribution < 1.29 is 13.9 Å². The van der Waals surface area contributed by atoms with Crippen molar-refractivity contribution in [3.8, 4) is 5.75 Å². The maximum absolute atomic E-state index is 12.9. The molecule has 0 aliphatic rings. The van der Waals surface area contributed by atoms with E-state index in [9.17, 15) is 4.39 Å². The summed E-state index contributed by atoms with van der Waals surface area (Å²) in [6.07, 6.45) is -0.0441. The van der Waals surface area contributed by atoms with Crippen LogP contribution < -0.4 is 4.74 Å². The zero-order valence-electron chi connectivity index (χ0n) is 8.09. The molecule has 1 unspecified atom stereocenters. The normalized spacial score (nSPS) is 12.6. The average molecular weight is 263 g/mol. The van der Waals surface area contributed by atoms with Crippen molar-refractivity contribution in [3.63, 3.8) is 0 Å². The molecule has 78 valence electrons. The first-order valence-corrected chi connectivity index (χ1v) is 5.03. The van der Waals surface area contributed by atoms with Crippen LogP contribution in [0.2, 0.25) is 0 Å². The van der Waals surface area contributed by atoms with Gasteiger partial charge in [0.05, 0.1) is 11.1 Å². The summed E-state index contributed by atoms with van der Waals surface area (Å²) < 4.78 is 23.6. The molecule has 0 N–H and O–H groups in total. The van der Waals surface area contributed by atoms with Crippen molar-refractivity contribution in [2.75, 3.05) is 13.7 Å². The molecule has 0 heterocycles. The minimum Gasteiger partial charge on any atom is -0.488 e. The Morgan fingerprint density at radius 1 is 1.50 bits per heavy atom. The van der Waals surface area contributed by atoms with Gasteiger partial charge >= 0.3 is 0 Å². The van der Waals surface area contributed by atoms with Gasteiger partial charge in [0.1, 0.15) is 17.7 Å². The highest BCUT2D eigenvalue weighted by Crippen LogP contribution is 2.22. The fourth-order valence-corrected chi connectivity index (χ4v) is 1.41. The molecule has 0 aromatic heterocycles.